The molecule has 2 fully saturated rings. The molecular weight excluding hydrogens is 164 g/mol. The van der Waals surface area contributed by atoms with Gasteiger partial charge in [-0.05, 0) is 51.4 Å². The Hall–Kier alpha value is -0.0800. The van der Waals surface area contributed by atoms with Crippen molar-refractivity contribution in [3.8, 4) is 0 Å². The molecular formula is C11H20O2. The van der Waals surface area contributed by atoms with E-state index in [4.69, 9.17) is 0 Å². The molecule has 0 aromatic heterocycles. The zero-order valence-corrected chi connectivity index (χ0v) is 8.58. The number of rotatable bonds is 0. The average molecular weight is 184 g/mol. The van der Waals surface area contributed by atoms with E-state index in [1.807, 2.05) is 13.8 Å². The molecule has 0 heterocycles. The van der Waals surface area contributed by atoms with Crippen molar-refractivity contribution < 1.29 is 10.2 Å². The van der Waals surface area contributed by atoms with Crippen molar-refractivity contribution in [3.63, 3.8) is 0 Å². The van der Waals surface area contributed by atoms with E-state index >= 15 is 0 Å². The van der Waals surface area contributed by atoms with Crippen LogP contribution in [0.15, 0.2) is 0 Å². The summed E-state index contributed by atoms with van der Waals surface area (Å²) >= 11 is 0. The zero-order valence-electron chi connectivity index (χ0n) is 8.58. The lowest BCUT2D eigenvalue weighted by Crippen LogP contribution is -2.55. The van der Waals surface area contributed by atoms with Crippen LogP contribution in [0.25, 0.3) is 0 Å². The van der Waals surface area contributed by atoms with E-state index in [1.54, 1.807) is 0 Å². The van der Waals surface area contributed by atoms with Gasteiger partial charge in [0.05, 0.1) is 11.2 Å². The Labute approximate surface area is 80.0 Å². The van der Waals surface area contributed by atoms with Crippen LogP contribution in [0.1, 0.15) is 46.0 Å². The van der Waals surface area contributed by atoms with Gasteiger partial charge < -0.3 is 10.2 Å². The van der Waals surface area contributed by atoms with Gasteiger partial charge in [0.2, 0.25) is 0 Å². The molecule has 2 N–H and O–H groups in total. The highest BCUT2D eigenvalue weighted by Gasteiger charge is 2.50. The molecule has 0 amide bonds. The van der Waals surface area contributed by atoms with E-state index in [1.165, 1.54) is 6.42 Å². The number of fused-ring (bicyclic) bond motifs is 2. The minimum absolute atomic E-state index is 0.315. The molecule has 0 spiro atoms. The third-order valence-electron chi connectivity index (χ3n) is 4.13. The summed E-state index contributed by atoms with van der Waals surface area (Å²) in [7, 11) is 0. The first kappa shape index (κ1) is 9.47. The Bertz CT molecular complexity index is 190. The highest BCUT2D eigenvalue weighted by atomic mass is 16.3. The van der Waals surface area contributed by atoms with Crippen LogP contribution < -0.4 is 0 Å². The fraction of sp³-hybridized carbons (Fsp3) is 1.00. The Morgan fingerprint density at radius 3 is 1.92 bits per heavy atom. The maximum atomic E-state index is 10.3. The van der Waals surface area contributed by atoms with Crippen molar-refractivity contribution in [3.05, 3.63) is 0 Å². The van der Waals surface area contributed by atoms with E-state index < -0.39 is 11.2 Å². The molecule has 0 aliphatic heterocycles. The summed E-state index contributed by atoms with van der Waals surface area (Å²) in [5.74, 6) is 0.630. The minimum atomic E-state index is -0.530. The van der Waals surface area contributed by atoms with Crippen LogP contribution >= 0.6 is 0 Å². The topological polar surface area (TPSA) is 40.5 Å². The van der Waals surface area contributed by atoms with Crippen molar-refractivity contribution >= 4 is 0 Å². The fourth-order valence-electron chi connectivity index (χ4n) is 3.29. The fourth-order valence-corrected chi connectivity index (χ4v) is 3.29. The third kappa shape index (κ3) is 1.50. The van der Waals surface area contributed by atoms with Crippen molar-refractivity contribution in [2.45, 2.75) is 57.2 Å². The van der Waals surface area contributed by atoms with Crippen molar-refractivity contribution in [1.82, 2.24) is 0 Å². The minimum Gasteiger partial charge on any atom is -0.390 e. The first-order valence-corrected chi connectivity index (χ1v) is 5.36. The highest BCUT2D eigenvalue weighted by molar-refractivity contribution is 5.02. The van der Waals surface area contributed by atoms with Gasteiger partial charge in [0.15, 0.2) is 0 Å². The summed E-state index contributed by atoms with van der Waals surface area (Å²) in [5.41, 5.74) is -1.04. The molecule has 0 saturated heterocycles. The van der Waals surface area contributed by atoms with Gasteiger partial charge in [-0.2, -0.15) is 0 Å². The maximum absolute atomic E-state index is 10.3. The van der Waals surface area contributed by atoms with Crippen LogP contribution in [-0.2, 0) is 0 Å². The van der Waals surface area contributed by atoms with Gasteiger partial charge in [0.25, 0.3) is 0 Å². The second-order valence-corrected chi connectivity index (χ2v) is 5.46. The van der Waals surface area contributed by atoms with E-state index in [-0.39, 0.29) is 0 Å². The summed E-state index contributed by atoms with van der Waals surface area (Å²) in [6.07, 6.45) is 4.94. The van der Waals surface area contributed by atoms with E-state index in [0.29, 0.717) is 11.8 Å². The van der Waals surface area contributed by atoms with E-state index in [2.05, 4.69) is 0 Å². The first-order chi connectivity index (χ1) is 5.92. The second-order valence-electron chi connectivity index (χ2n) is 5.46. The molecule has 2 saturated carbocycles. The van der Waals surface area contributed by atoms with Crippen molar-refractivity contribution in [2.24, 2.45) is 11.8 Å². The maximum Gasteiger partial charge on any atom is 0.0677 e. The largest absolute Gasteiger partial charge is 0.390 e. The smallest absolute Gasteiger partial charge is 0.0677 e. The molecule has 2 bridgehead atoms. The van der Waals surface area contributed by atoms with Gasteiger partial charge in [-0.3, -0.25) is 0 Å². The van der Waals surface area contributed by atoms with Gasteiger partial charge in [0, 0.05) is 0 Å². The predicted molar refractivity (Wildman–Crippen MR) is 51.3 cm³/mol. The normalized spacial score (nSPS) is 56.3. The summed E-state index contributed by atoms with van der Waals surface area (Å²) in [5, 5.41) is 20.3. The molecule has 2 rings (SSSR count). The van der Waals surface area contributed by atoms with Crippen LogP contribution in [0.3, 0.4) is 0 Å². The van der Waals surface area contributed by atoms with E-state index in [9.17, 15) is 10.2 Å². The van der Waals surface area contributed by atoms with Crippen LogP contribution in [0, 0.1) is 11.8 Å². The van der Waals surface area contributed by atoms with Gasteiger partial charge in [-0.15, -0.1) is 0 Å². The van der Waals surface area contributed by atoms with Gasteiger partial charge in [-0.25, -0.2) is 0 Å². The number of hydrogen-bond donors (Lipinski definition) is 2. The lowest BCUT2D eigenvalue weighted by atomic mass is 9.58. The van der Waals surface area contributed by atoms with Gasteiger partial charge in [-0.1, -0.05) is 6.42 Å². The molecule has 0 aromatic rings. The van der Waals surface area contributed by atoms with Crippen LogP contribution in [-0.4, -0.2) is 21.4 Å². The molecule has 76 valence electrons. The standard InChI is InChI=1S/C11H20O2/c1-10(12)6-8-4-3-5-9(7-10)11(8,2)13/h8-9,12-13H,3-7H2,1-2H3. The SMILES string of the molecule is CC1(O)CC2CCCC(C1)C2(C)O. The number of hydrogen-bond acceptors (Lipinski definition) is 2. The van der Waals surface area contributed by atoms with Crippen molar-refractivity contribution in [2.75, 3.05) is 0 Å². The van der Waals surface area contributed by atoms with Crippen LogP contribution in [0.2, 0.25) is 0 Å². The Morgan fingerprint density at radius 1 is 1.00 bits per heavy atom. The molecule has 2 heteroatoms. The molecule has 2 unspecified atom stereocenters. The Morgan fingerprint density at radius 2 is 1.46 bits per heavy atom. The molecule has 13 heavy (non-hydrogen) atoms. The molecule has 2 atom stereocenters. The summed E-state index contributed by atoms with van der Waals surface area (Å²) in [6.45, 7) is 3.87. The summed E-state index contributed by atoms with van der Waals surface area (Å²) in [4.78, 5) is 0. The third-order valence-corrected chi connectivity index (χ3v) is 4.13. The van der Waals surface area contributed by atoms with Crippen LogP contribution in [0.5, 0.6) is 0 Å². The molecule has 2 aliphatic rings. The lowest BCUT2D eigenvalue weighted by Gasteiger charge is -2.52. The predicted octanol–water partition coefficient (Wildman–Crippen LogP) is 1.70. The Kier molecular flexibility index (Phi) is 1.97. The average Bonchev–Trinajstić information content (AvgIpc) is 1.93. The zero-order chi connectivity index (χ0) is 9.69. The highest BCUT2D eigenvalue weighted by Crippen LogP contribution is 2.50. The molecule has 0 radical (unpaired) electrons. The van der Waals surface area contributed by atoms with E-state index in [0.717, 1.165) is 25.7 Å². The second kappa shape index (κ2) is 2.71. The quantitative estimate of drug-likeness (QED) is 0.601. The van der Waals surface area contributed by atoms with Gasteiger partial charge in [0.1, 0.15) is 0 Å². The molecule has 0 aromatic carbocycles. The van der Waals surface area contributed by atoms with Gasteiger partial charge >= 0.3 is 0 Å². The summed E-state index contributed by atoms with van der Waals surface area (Å²) < 4.78 is 0. The lowest BCUT2D eigenvalue weighted by molar-refractivity contribution is -0.162. The monoisotopic (exact) mass is 184 g/mol. The molecule has 2 nitrogen and oxygen atoms in total. The number of aliphatic hydroxyl groups is 2. The first-order valence-electron chi connectivity index (χ1n) is 5.36. The molecule has 2 aliphatic carbocycles. The summed E-state index contributed by atoms with van der Waals surface area (Å²) in [6, 6.07) is 0. The van der Waals surface area contributed by atoms with Crippen molar-refractivity contribution in [1.29, 1.82) is 0 Å². The van der Waals surface area contributed by atoms with Crippen LogP contribution in [0.4, 0.5) is 0 Å². The Balaban J connectivity index is 2.22.